The van der Waals surface area contributed by atoms with Crippen LogP contribution in [0.4, 0.5) is 9.52 Å². The van der Waals surface area contributed by atoms with Crippen LogP contribution in [0.2, 0.25) is 0 Å². The number of amides is 1. The van der Waals surface area contributed by atoms with E-state index in [1.807, 2.05) is 30.3 Å². The van der Waals surface area contributed by atoms with Crippen LogP contribution in [0, 0.1) is 17.1 Å². The third-order valence-electron chi connectivity index (χ3n) is 3.11. The average Bonchev–Trinajstić information content (AvgIpc) is 2.99. The molecule has 0 fully saturated rings. The molecule has 0 saturated heterocycles. The molecule has 0 radical (unpaired) electrons. The number of nitriles is 1. The molecule has 1 aromatic heterocycles. The summed E-state index contributed by atoms with van der Waals surface area (Å²) in [6.07, 6.45) is 0. The summed E-state index contributed by atoms with van der Waals surface area (Å²) in [5, 5.41) is 12.0. The third kappa shape index (κ3) is 3.10. The summed E-state index contributed by atoms with van der Waals surface area (Å²) in [5.41, 5.74) is 1.22. The quantitative estimate of drug-likeness (QED) is 0.790. The number of carbonyl (C=O) groups is 1. The zero-order chi connectivity index (χ0) is 16.2. The Labute approximate surface area is 135 Å². The van der Waals surface area contributed by atoms with E-state index in [-0.39, 0.29) is 10.7 Å². The van der Waals surface area contributed by atoms with Crippen molar-refractivity contribution < 1.29 is 9.18 Å². The molecule has 0 aliphatic heterocycles. The molecule has 0 unspecified atom stereocenters. The minimum atomic E-state index is -0.606. The standard InChI is InChI=1S/C17H10FN3OS/c18-13-9-5-4-8-12(13)16(22)21-17-20-15(14(10-19)23-17)11-6-2-1-3-7-11/h1-9H,(H,20,21,22). The monoisotopic (exact) mass is 323 g/mol. The van der Waals surface area contributed by atoms with Gasteiger partial charge in [0.1, 0.15) is 22.5 Å². The van der Waals surface area contributed by atoms with Gasteiger partial charge < -0.3 is 0 Å². The smallest absolute Gasteiger partial charge is 0.260 e. The van der Waals surface area contributed by atoms with Crippen molar-refractivity contribution in [2.45, 2.75) is 0 Å². The fourth-order valence-corrected chi connectivity index (χ4v) is 2.83. The number of thiazole rings is 1. The summed E-state index contributed by atoms with van der Waals surface area (Å²) in [4.78, 5) is 16.8. The Morgan fingerprint density at radius 3 is 2.52 bits per heavy atom. The fraction of sp³-hybridized carbons (Fsp3) is 0. The highest BCUT2D eigenvalue weighted by Gasteiger charge is 2.16. The molecule has 0 bridgehead atoms. The molecule has 0 aliphatic rings. The van der Waals surface area contributed by atoms with Gasteiger partial charge in [-0.1, -0.05) is 53.8 Å². The van der Waals surface area contributed by atoms with Crippen molar-refractivity contribution in [1.29, 1.82) is 5.26 Å². The number of carbonyl (C=O) groups excluding carboxylic acids is 1. The van der Waals surface area contributed by atoms with E-state index in [0.29, 0.717) is 10.6 Å². The third-order valence-corrected chi connectivity index (χ3v) is 3.99. The Hall–Kier alpha value is -3.04. The molecule has 1 N–H and O–H groups in total. The molecule has 0 spiro atoms. The molecular formula is C17H10FN3OS. The van der Waals surface area contributed by atoms with Gasteiger partial charge in [-0.3, -0.25) is 10.1 Å². The van der Waals surface area contributed by atoms with Gasteiger partial charge in [0.25, 0.3) is 5.91 Å². The number of benzene rings is 2. The van der Waals surface area contributed by atoms with E-state index >= 15 is 0 Å². The summed E-state index contributed by atoms with van der Waals surface area (Å²) in [6, 6.07) is 17.0. The molecule has 0 aliphatic carbocycles. The van der Waals surface area contributed by atoms with Crippen LogP contribution < -0.4 is 5.32 Å². The molecule has 2 aromatic carbocycles. The first kappa shape index (κ1) is 14.9. The lowest BCUT2D eigenvalue weighted by molar-refractivity contribution is 0.102. The zero-order valence-corrected chi connectivity index (χ0v) is 12.6. The van der Waals surface area contributed by atoms with Crippen LogP contribution in [-0.2, 0) is 0 Å². The Morgan fingerprint density at radius 2 is 1.83 bits per heavy atom. The van der Waals surface area contributed by atoms with Crippen LogP contribution >= 0.6 is 11.3 Å². The summed E-state index contributed by atoms with van der Waals surface area (Å²) < 4.78 is 13.6. The van der Waals surface area contributed by atoms with Crippen LogP contribution in [0.15, 0.2) is 54.6 Å². The predicted molar refractivity (Wildman–Crippen MR) is 86.6 cm³/mol. The molecule has 0 atom stereocenters. The Bertz CT molecular complexity index is 900. The number of hydrogen-bond donors (Lipinski definition) is 1. The second-order valence-corrected chi connectivity index (χ2v) is 5.61. The van der Waals surface area contributed by atoms with E-state index < -0.39 is 11.7 Å². The lowest BCUT2D eigenvalue weighted by atomic mass is 10.1. The lowest BCUT2D eigenvalue weighted by Gasteiger charge is -2.02. The normalized spacial score (nSPS) is 10.1. The van der Waals surface area contributed by atoms with Crippen molar-refractivity contribution in [3.8, 4) is 17.3 Å². The second kappa shape index (κ2) is 6.38. The van der Waals surface area contributed by atoms with Crippen LogP contribution in [0.25, 0.3) is 11.3 Å². The molecule has 3 aromatic rings. The van der Waals surface area contributed by atoms with Gasteiger partial charge in [-0.15, -0.1) is 0 Å². The number of hydrogen-bond acceptors (Lipinski definition) is 4. The molecule has 0 saturated carbocycles. The largest absolute Gasteiger partial charge is 0.298 e. The van der Waals surface area contributed by atoms with E-state index in [1.54, 1.807) is 6.07 Å². The Kier molecular flexibility index (Phi) is 4.13. The average molecular weight is 323 g/mol. The van der Waals surface area contributed by atoms with Crippen LogP contribution in [0.1, 0.15) is 15.2 Å². The van der Waals surface area contributed by atoms with Crippen molar-refractivity contribution in [3.63, 3.8) is 0 Å². The molecule has 1 amide bonds. The van der Waals surface area contributed by atoms with Gasteiger partial charge >= 0.3 is 0 Å². The highest BCUT2D eigenvalue weighted by atomic mass is 32.1. The first-order chi connectivity index (χ1) is 11.2. The summed E-state index contributed by atoms with van der Waals surface area (Å²) in [5.74, 6) is -1.20. The molecular weight excluding hydrogens is 313 g/mol. The summed E-state index contributed by atoms with van der Waals surface area (Å²) >= 11 is 1.06. The van der Waals surface area contributed by atoms with E-state index in [2.05, 4.69) is 16.4 Å². The number of rotatable bonds is 3. The van der Waals surface area contributed by atoms with Gasteiger partial charge in [0.15, 0.2) is 5.13 Å². The van der Waals surface area contributed by atoms with Crippen molar-refractivity contribution in [1.82, 2.24) is 4.98 Å². The number of nitrogens with zero attached hydrogens (tertiary/aromatic N) is 2. The molecule has 4 nitrogen and oxygen atoms in total. The van der Waals surface area contributed by atoms with Gasteiger partial charge in [-0.05, 0) is 12.1 Å². The van der Waals surface area contributed by atoms with Crippen LogP contribution in [-0.4, -0.2) is 10.9 Å². The Balaban J connectivity index is 1.91. The van der Waals surface area contributed by atoms with E-state index in [0.717, 1.165) is 16.9 Å². The maximum Gasteiger partial charge on any atom is 0.260 e. The SMILES string of the molecule is N#Cc1sc(NC(=O)c2ccccc2F)nc1-c1ccccc1. The van der Waals surface area contributed by atoms with Crippen molar-refractivity contribution in [2.75, 3.05) is 5.32 Å². The molecule has 23 heavy (non-hydrogen) atoms. The first-order valence-electron chi connectivity index (χ1n) is 6.71. The van der Waals surface area contributed by atoms with Crippen molar-refractivity contribution in [2.24, 2.45) is 0 Å². The second-order valence-electron chi connectivity index (χ2n) is 4.61. The van der Waals surface area contributed by atoms with Crippen molar-refractivity contribution in [3.05, 3.63) is 70.9 Å². The number of aromatic nitrogens is 1. The highest BCUT2D eigenvalue weighted by Crippen LogP contribution is 2.30. The van der Waals surface area contributed by atoms with E-state index in [4.69, 9.17) is 0 Å². The van der Waals surface area contributed by atoms with E-state index in [9.17, 15) is 14.4 Å². The maximum absolute atomic E-state index is 13.6. The molecule has 3 rings (SSSR count). The van der Waals surface area contributed by atoms with Gasteiger partial charge in [-0.25, -0.2) is 9.37 Å². The minimum absolute atomic E-state index is 0.0672. The van der Waals surface area contributed by atoms with Gasteiger partial charge in [0, 0.05) is 5.56 Å². The fourth-order valence-electron chi connectivity index (χ4n) is 2.05. The summed E-state index contributed by atoms with van der Waals surface area (Å²) in [7, 11) is 0. The predicted octanol–water partition coefficient (Wildman–Crippen LogP) is 4.07. The topological polar surface area (TPSA) is 65.8 Å². The summed E-state index contributed by atoms with van der Waals surface area (Å²) in [6.45, 7) is 0. The van der Waals surface area contributed by atoms with Crippen LogP contribution in [0.3, 0.4) is 0 Å². The molecule has 112 valence electrons. The van der Waals surface area contributed by atoms with Crippen LogP contribution in [0.5, 0.6) is 0 Å². The number of nitrogens with one attached hydrogen (secondary N) is 1. The lowest BCUT2D eigenvalue weighted by Crippen LogP contribution is -2.13. The van der Waals surface area contributed by atoms with Gasteiger partial charge in [-0.2, -0.15) is 5.26 Å². The Morgan fingerprint density at radius 1 is 1.13 bits per heavy atom. The molecule has 6 heteroatoms. The molecule has 1 heterocycles. The number of anilines is 1. The van der Waals surface area contributed by atoms with Crippen molar-refractivity contribution >= 4 is 22.4 Å². The maximum atomic E-state index is 13.6. The zero-order valence-electron chi connectivity index (χ0n) is 11.8. The minimum Gasteiger partial charge on any atom is -0.298 e. The van der Waals surface area contributed by atoms with Gasteiger partial charge in [0.2, 0.25) is 0 Å². The highest BCUT2D eigenvalue weighted by molar-refractivity contribution is 7.16. The van der Waals surface area contributed by atoms with Gasteiger partial charge in [0.05, 0.1) is 5.56 Å². The number of halogens is 1. The van der Waals surface area contributed by atoms with E-state index in [1.165, 1.54) is 18.2 Å². The first-order valence-corrected chi connectivity index (χ1v) is 7.53.